The second-order valence-corrected chi connectivity index (χ2v) is 7.58. The Labute approximate surface area is 134 Å². The fourth-order valence-corrected chi connectivity index (χ4v) is 3.32. The topological polar surface area (TPSA) is 46.5 Å². The number of hydrogen-bond donors (Lipinski definition) is 1. The van der Waals surface area contributed by atoms with E-state index in [0.717, 1.165) is 12.0 Å². The van der Waals surface area contributed by atoms with Crippen LogP contribution in [0.2, 0.25) is 0 Å². The number of carbonyl (C=O) groups excluding carboxylic acids is 1. The maximum Gasteiger partial charge on any atom is 0.164 e. The van der Waals surface area contributed by atoms with Crippen LogP contribution < -0.4 is 0 Å². The van der Waals surface area contributed by atoms with Crippen molar-refractivity contribution < 1.29 is 14.6 Å². The van der Waals surface area contributed by atoms with E-state index in [1.54, 1.807) is 0 Å². The number of ketones is 1. The molecule has 0 heterocycles. The maximum absolute atomic E-state index is 12.3. The van der Waals surface area contributed by atoms with Gasteiger partial charge in [-0.05, 0) is 23.8 Å². The number of ether oxygens (including phenoxy) is 1. The first-order chi connectivity index (χ1) is 10.3. The minimum Gasteiger partial charge on any atom is -0.389 e. The molecular weight excluding hydrogens is 276 g/mol. The lowest BCUT2D eigenvalue weighted by Crippen LogP contribution is -2.42. The van der Waals surface area contributed by atoms with Crippen LogP contribution >= 0.6 is 0 Å². The van der Waals surface area contributed by atoms with Crippen LogP contribution in [-0.4, -0.2) is 29.7 Å². The smallest absolute Gasteiger partial charge is 0.164 e. The van der Waals surface area contributed by atoms with E-state index in [4.69, 9.17) is 4.74 Å². The Bertz CT molecular complexity index is 475. The lowest BCUT2D eigenvalue weighted by atomic mass is 9.69. The fraction of sp³-hybridized carbons (Fsp3) is 0.737. The van der Waals surface area contributed by atoms with Crippen LogP contribution in [0, 0.1) is 23.2 Å². The van der Waals surface area contributed by atoms with Gasteiger partial charge in [-0.1, -0.05) is 52.8 Å². The average Bonchev–Trinajstić information content (AvgIpc) is 2.47. The third kappa shape index (κ3) is 3.52. The standard InChI is InChI=1S/C19H30O3/c1-6-19(4,5)17(21)11-22-16-10-15(20)9-14-8-7-12(2)13(3)18(14)16/h7-9,12-13,15-16,18,20H,6,10-11H2,1-5H3. The summed E-state index contributed by atoms with van der Waals surface area (Å²) in [5, 5.41) is 10.1. The van der Waals surface area contributed by atoms with E-state index in [1.807, 2.05) is 26.8 Å². The lowest BCUT2D eigenvalue weighted by Gasteiger charge is -2.41. The number of aliphatic hydroxyl groups excluding tert-OH is 1. The van der Waals surface area contributed by atoms with Crippen LogP contribution in [0.1, 0.15) is 47.5 Å². The van der Waals surface area contributed by atoms with E-state index in [0.29, 0.717) is 18.3 Å². The van der Waals surface area contributed by atoms with Gasteiger partial charge < -0.3 is 9.84 Å². The van der Waals surface area contributed by atoms with Gasteiger partial charge in [0.05, 0.1) is 12.2 Å². The van der Waals surface area contributed by atoms with Crippen LogP contribution in [0.15, 0.2) is 23.8 Å². The SMILES string of the molecule is CCC(C)(C)C(=O)COC1CC(O)C=C2C=CC(C)C(C)C21. The molecule has 0 saturated carbocycles. The van der Waals surface area contributed by atoms with Gasteiger partial charge >= 0.3 is 0 Å². The van der Waals surface area contributed by atoms with Gasteiger partial charge in [0.1, 0.15) is 6.61 Å². The average molecular weight is 306 g/mol. The van der Waals surface area contributed by atoms with Crippen LogP contribution in [0.4, 0.5) is 0 Å². The quantitative estimate of drug-likeness (QED) is 0.845. The summed E-state index contributed by atoms with van der Waals surface area (Å²) in [7, 11) is 0. The van der Waals surface area contributed by atoms with Crippen LogP contribution in [0.5, 0.6) is 0 Å². The van der Waals surface area contributed by atoms with E-state index in [-0.39, 0.29) is 29.8 Å². The summed E-state index contributed by atoms with van der Waals surface area (Å²) in [6.07, 6.45) is 7.11. The molecule has 0 radical (unpaired) electrons. The fourth-order valence-electron chi connectivity index (χ4n) is 3.32. The van der Waals surface area contributed by atoms with E-state index >= 15 is 0 Å². The van der Waals surface area contributed by atoms with Crippen LogP contribution in [-0.2, 0) is 9.53 Å². The van der Waals surface area contributed by atoms with Crippen molar-refractivity contribution in [1.82, 2.24) is 0 Å². The summed E-state index contributed by atoms with van der Waals surface area (Å²) < 4.78 is 6.01. The normalized spacial score (nSPS) is 35.0. The van der Waals surface area contributed by atoms with Crippen molar-refractivity contribution >= 4 is 5.78 Å². The molecule has 0 spiro atoms. The largest absolute Gasteiger partial charge is 0.389 e. The minimum absolute atomic E-state index is 0.0750. The van der Waals surface area contributed by atoms with E-state index in [2.05, 4.69) is 26.0 Å². The summed E-state index contributed by atoms with van der Waals surface area (Å²) in [4.78, 5) is 12.3. The molecule has 0 amide bonds. The van der Waals surface area contributed by atoms with Gasteiger partial charge in [0.15, 0.2) is 5.78 Å². The predicted octanol–water partition coefficient (Wildman–Crippen LogP) is 3.53. The Morgan fingerprint density at radius 3 is 2.73 bits per heavy atom. The molecule has 1 N–H and O–H groups in total. The second-order valence-electron chi connectivity index (χ2n) is 7.58. The highest BCUT2D eigenvalue weighted by atomic mass is 16.5. The molecule has 2 aliphatic carbocycles. The number of aliphatic hydroxyl groups is 1. The van der Waals surface area contributed by atoms with Gasteiger partial charge in [-0.3, -0.25) is 4.79 Å². The summed E-state index contributed by atoms with van der Waals surface area (Å²) in [6.45, 7) is 10.6. The van der Waals surface area contributed by atoms with E-state index < -0.39 is 6.10 Å². The summed E-state index contributed by atoms with van der Waals surface area (Å²) in [6, 6.07) is 0. The molecule has 0 aromatic heterocycles. The Hall–Kier alpha value is -0.930. The summed E-state index contributed by atoms with van der Waals surface area (Å²) >= 11 is 0. The molecule has 124 valence electrons. The molecule has 0 bridgehead atoms. The van der Waals surface area contributed by atoms with Crippen LogP contribution in [0.25, 0.3) is 0 Å². The number of Topliss-reactive ketones (excluding diaryl/α,β-unsaturated/α-hetero) is 1. The van der Waals surface area contributed by atoms with E-state index in [9.17, 15) is 9.90 Å². The van der Waals surface area contributed by atoms with Gasteiger partial charge in [0, 0.05) is 17.8 Å². The molecule has 0 aromatic carbocycles. The summed E-state index contributed by atoms with van der Waals surface area (Å²) in [5.74, 6) is 1.38. The molecule has 2 rings (SSSR count). The Kier molecular flexibility index (Phi) is 5.29. The highest BCUT2D eigenvalue weighted by Gasteiger charge is 2.39. The van der Waals surface area contributed by atoms with Crippen molar-refractivity contribution in [3.8, 4) is 0 Å². The zero-order valence-electron chi connectivity index (χ0n) is 14.5. The molecule has 0 aliphatic heterocycles. The van der Waals surface area contributed by atoms with Gasteiger partial charge in [0.25, 0.3) is 0 Å². The molecule has 22 heavy (non-hydrogen) atoms. The Balaban J connectivity index is 2.09. The minimum atomic E-state index is -0.476. The highest BCUT2D eigenvalue weighted by Crippen LogP contribution is 2.41. The third-order valence-electron chi connectivity index (χ3n) is 5.70. The second kappa shape index (κ2) is 6.67. The maximum atomic E-state index is 12.3. The zero-order chi connectivity index (χ0) is 16.5. The molecule has 0 fully saturated rings. The van der Waals surface area contributed by atoms with Gasteiger partial charge in [0.2, 0.25) is 0 Å². The van der Waals surface area contributed by atoms with Crippen molar-refractivity contribution in [2.24, 2.45) is 23.2 Å². The Morgan fingerprint density at radius 2 is 2.09 bits per heavy atom. The molecular formula is C19H30O3. The number of rotatable bonds is 5. The highest BCUT2D eigenvalue weighted by molar-refractivity contribution is 5.85. The van der Waals surface area contributed by atoms with Crippen molar-refractivity contribution in [2.75, 3.05) is 6.61 Å². The summed E-state index contributed by atoms with van der Waals surface area (Å²) in [5.41, 5.74) is 0.827. The van der Waals surface area contributed by atoms with Crippen molar-refractivity contribution in [3.05, 3.63) is 23.8 Å². The number of allylic oxidation sites excluding steroid dienone is 2. The van der Waals surface area contributed by atoms with Gasteiger partial charge in [-0.15, -0.1) is 0 Å². The van der Waals surface area contributed by atoms with Crippen LogP contribution in [0.3, 0.4) is 0 Å². The van der Waals surface area contributed by atoms with Crippen molar-refractivity contribution in [1.29, 1.82) is 0 Å². The zero-order valence-corrected chi connectivity index (χ0v) is 14.5. The first-order valence-electron chi connectivity index (χ1n) is 8.49. The monoisotopic (exact) mass is 306 g/mol. The Morgan fingerprint density at radius 1 is 1.41 bits per heavy atom. The molecule has 5 atom stereocenters. The third-order valence-corrected chi connectivity index (χ3v) is 5.70. The molecule has 2 aliphatic rings. The number of fused-ring (bicyclic) bond motifs is 1. The molecule has 3 heteroatoms. The van der Waals surface area contributed by atoms with Crippen molar-refractivity contribution in [2.45, 2.75) is 59.7 Å². The van der Waals surface area contributed by atoms with Gasteiger partial charge in [-0.2, -0.15) is 0 Å². The first-order valence-corrected chi connectivity index (χ1v) is 8.49. The molecule has 3 nitrogen and oxygen atoms in total. The lowest BCUT2D eigenvalue weighted by molar-refractivity contribution is -0.136. The van der Waals surface area contributed by atoms with E-state index in [1.165, 1.54) is 0 Å². The van der Waals surface area contributed by atoms with Gasteiger partial charge in [-0.25, -0.2) is 0 Å². The molecule has 0 aromatic rings. The molecule has 5 unspecified atom stereocenters. The molecule has 0 saturated heterocycles. The van der Waals surface area contributed by atoms with Crippen molar-refractivity contribution in [3.63, 3.8) is 0 Å². The number of carbonyl (C=O) groups is 1. The number of hydrogen-bond acceptors (Lipinski definition) is 3. The first kappa shape index (κ1) is 17.4. The predicted molar refractivity (Wildman–Crippen MR) is 88.5 cm³/mol.